The van der Waals surface area contributed by atoms with Gasteiger partial charge in [0.05, 0.1) is 4.92 Å². The van der Waals surface area contributed by atoms with Gasteiger partial charge in [0.25, 0.3) is 5.69 Å². The molecular weight excluding hydrogens is 182 g/mol. The van der Waals surface area contributed by atoms with Crippen molar-refractivity contribution in [3.63, 3.8) is 0 Å². The topological polar surface area (TPSA) is 63.4 Å². The number of para-hydroxylation sites is 1. The maximum Gasteiger partial charge on any atom is 0.272 e. The van der Waals surface area contributed by atoms with Crippen LogP contribution in [0.15, 0.2) is 24.3 Å². The quantitative estimate of drug-likeness (QED) is 0.558. The van der Waals surface area contributed by atoms with Gasteiger partial charge < -0.3 is 5.11 Å². The summed E-state index contributed by atoms with van der Waals surface area (Å²) in [6.45, 7) is 5.72. The molecule has 0 aliphatic heterocycles. The summed E-state index contributed by atoms with van der Waals surface area (Å²) in [6.07, 6.45) is 0. The van der Waals surface area contributed by atoms with Crippen LogP contribution < -0.4 is 0 Å². The largest absolute Gasteiger partial charge is 0.400 e. The molecule has 1 aromatic rings. The Morgan fingerprint density at radius 2 is 1.64 bits per heavy atom. The Kier molecular flexibility index (Phi) is 10.4. The Morgan fingerprint density at radius 3 is 1.93 bits per heavy atom. The number of aliphatic hydroxyl groups excluding tert-OH is 1. The highest BCUT2D eigenvalue weighted by Gasteiger charge is 2.05. The van der Waals surface area contributed by atoms with E-state index in [2.05, 4.69) is 0 Å². The molecule has 1 aromatic carbocycles. The third kappa shape index (κ3) is 5.27. The summed E-state index contributed by atoms with van der Waals surface area (Å²) < 4.78 is 0. The van der Waals surface area contributed by atoms with Gasteiger partial charge >= 0.3 is 0 Å². The lowest BCUT2D eigenvalue weighted by Crippen LogP contribution is -1.89. The lowest BCUT2D eigenvalue weighted by atomic mass is 10.2. The zero-order chi connectivity index (χ0) is 11.6. The second-order valence-electron chi connectivity index (χ2n) is 2.04. The zero-order valence-electron chi connectivity index (χ0n) is 9.02. The highest BCUT2D eigenvalue weighted by Crippen LogP contribution is 2.14. The molecule has 4 nitrogen and oxygen atoms in total. The van der Waals surface area contributed by atoms with Crippen LogP contribution in [0.3, 0.4) is 0 Å². The standard InChI is InChI=1S/C7H7NO2.C2H6.CH4O/c1-6-4-2-3-5-7(6)8(9)10;2*1-2/h2-5H,1H3;1-2H3;2H,1H3. The maximum absolute atomic E-state index is 10.2. The monoisotopic (exact) mass is 199 g/mol. The van der Waals surface area contributed by atoms with Crippen molar-refractivity contribution in [2.45, 2.75) is 20.8 Å². The van der Waals surface area contributed by atoms with Crippen LogP contribution in [0.25, 0.3) is 0 Å². The minimum Gasteiger partial charge on any atom is -0.400 e. The van der Waals surface area contributed by atoms with E-state index in [4.69, 9.17) is 5.11 Å². The molecule has 0 spiro atoms. The molecule has 0 fully saturated rings. The van der Waals surface area contributed by atoms with Crippen molar-refractivity contribution in [1.82, 2.24) is 0 Å². The summed E-state index contributed by atoms with van der Waals surface area (Å²) in [5, 5.41) is 17.2. The maximum atomic E-state index is 10.2. The van der Waals surface area contributed by atoms with Crippen molar-refractivity contribution in [2.24, 2.45) is 0 Å². The van der Waals surface area contributed by atoms with Gasteiger partial charge in [-0.25, -0.2) is 0 Å². The molecule has 1 rings (SSSR count). The van der Waals surface area contributed by atoms with Gasteiger partial charge in [0.1, 0.15) is 0 Å². The minimum absolute atomic E-state index is 0.183. The molecule has 0 aliphatic rings. The second kappa shape index (κ2) is 9.67. The van der Waals surface area contributed by atoms with Crippen LogP contribution in [0.1, 0.15) is 19.4 Å². The number of rotatable bonds is 1. The summed E-state index contributed by atoms with van der Waals surface area (Å²) >= 11 is 0. The Labute approximate surface area is 84.4 Å². The molecular formula is C10H17NO3. The molecule has 1 N–H and O–H groups in total. The molecule has 0 aliphatic carbocycles. The number of hydrogen-bond acceptors (Lipinski definition) is 3. The molecule has 0 heterocycles. The van der Waals surface area contributed by atoms with Gasteiger partial charge in [0.15, 0.2) is 0 Å². The molecule has 0 saturated carbocycles. The predicted molar refractivity (Wildman–Crippen MR) is 57.3 cm³/mol. The van der Waals surface area contributed by atoms with Gasteiger partial charge in [-0.1, -0.05) is 32.0 Å². The van der Waals surface area contributed by atoms with Crippen LogP contribution in [0.5, 0.6) is 0 Å². The number of nitro groups is 1. The SMILES string of the molecule is CC.CO.Cc1ccccc1[N+](=O)[O-]. The highest BCUT2D eigenvalue weighted by molar-refractivity contribution is 5.38. The first-order chi connectivity index (χ1) is 6.72. The Balaban J connectivity index is 0. The summed E-state index contributed by atoms with van der Waals surface area (Å²) in [4.78, 5) is 9.85. The summed E-state index contributed by atoms with van der Waals surface area (Å²) in [5.74, 6) is 0. The van der Waals surface area contributed by atoms with Crippen LogP contribution >= 0.6 is 0 Å². The van der Waals surface area contributed by atoms with E-state index in [1.54, 1.807) is 25.1 Å². The van der Waals surface area contributed by atoms with E-state index in [0.29, 0.717) is 5.56 Å². The van der Waals surface area contributed by atoms with Gasteiger partial charge in [0.2, 0.25) is 0 Å². The van der Waals surface area contributed by atoms with Crippen LogP contribution in [0, 0.1) is 17.0 Å². The Hall–Kier alpha value is -1.42. The highest BCUT2D eigenvalue weighted by atomic mass is 16.6. The number of aryl methyl sites for hydroxylation is 1. The van der Waals surface area contributed by atoms with Crippen LogP contribution in [0.4, 0.5) is 5.69 Å². The average molecular weight is 199 g/mol. The third-order valence-electron chi connectivity index (χ3n) is 1.31. The smallest absolute Gasteiger partial charge is 0.272 e. The lowest BCUT2D eigenvalue weighted by Gasteiger charge is -1.92. The van der Waals surface area contributed by atoms with Gasteiger partial charge in [-0.05, 0) is 6.92 Å². The molecule has 0 unspecified atom stereocenters. The van der Waals surface area contributed by atoms with E-state index in [1.165, 1.54) is 6.07 Å². The van der Waals surface area contributed by atoms with Gasteiger partial charge in [0, 0.05) is 18.7 Å². The molecule has 0 bridgehead atoms. The van der Waals surface area contributed by atoms with Crippen LogP contribution in [-0.2, 0) is 0 Å². The van der Waals surface area contributed by atoms with E-state index in [0.717, 1.165) is 7.11 Å². The molecule has 14 heavy (non-hydrogen) atoms. The molecule has 0 atom stereocenters. The summed E-state index contributed by atoms with van der Waals surface area (Å²) in [7, 11) is 1.00. The van der Waals surface area contributed by atoms with E-state index >= 15 is 0 Å². The predicted octanol–water partition coefficient (Wildman–Crippen LogP) is 2.54. The van der Waals surface area contributed by atoms with E-state index in [-0.39, 0.29) is 10.6 Å². The first-order valence-corrected chi connectivity index (χ1v) is 4.36. The number of aliphatic hydroxyl groups is 1. The summed E-state index contributed by atoms with van der Waals surface area (Å²) in [5.41, 5.74) is 0.884. The first kappa shape index (κ1) is 15.1. The normalized spacial score (nSPS) is 7.50. The van der Waals surface area contributed by atoms with Crippen molar-refractivity contribution in [2.75, 3.05) is 7.11 Å². The first-order valence-electron chi connectivity index (χ1n) is 4.36. The Morgan fingerprint density at radius 1 is 1.21 bits per heavy atom. The average Bonchev–Trinajstić information content (AvgIpc) is 2.24. The van der Waals surface area contributed by atoms with Crippen molar-refractivity contribution < 1.29 is 10.0 Å². The molecule has 0 aromatic heterocycles. The molecule has 80 valence electrons. The lowest BCUT2D eigenvalue weighted by molar-refractivity contribution is -0.385. The van der Waals surface area contributed by atoms with Crippen molar-refractivity contribution in [3.8, 4) is 0 Å². The fourth-order valence-corrected chi connectivity index (χ4v) is 0.768. The van der Waals surface area contributed by atoms with E-state index in [9.17, 15) is 10.1 Å². The fraction of sp³-hybridized carbons (Fsp3) is 0.400. The zero-order valence-corrected chi connectivity index (χ0v) is 9.02. The van der Waals surface area contributed by atoms with Gasteiger partial charge in [-0.3, -0.25) is 10.1 Å². The van der Waals surface area contributed by atoms with Crippen LogP contribution in [-0.4, -0.2) is 17.1 Å². The van der Waals surface area contributed by atoms with Crippen molar-refractivity contribution >= 4 is 5.69 Å². The Bertz CT molecular complexity index is 261. The summed E-state index contributed by atoms with van der Waals surface area (Å²) in [6, 6.07) is 6.65. The van der Waals surface area contributed by atoms with E-state index < -0.39 is 0 Å². The second-order valence-corrected chi connectivity index (χ2v) is 2.04. The number of benzene rings is 1. The number of hydrogen-bond donors (Lipinski definition) is 1. The molecule has 0 saturated heterocycles. The molecule has 0 radical (unpaired) electrons. The molecule has 0 amide bonds. The number of nitrogens with zero attached hydrogens (tertiary/aromatic N) is 1. The van der Waals surface area contributed by atoms with Crippen molar-refractivity contribution in [3.05, 3.63) is 39.9 Å². The molecule has 4 heteroatoms. The number of nitro benzene ring substituents is 1. The van der Waals surface area contributed by atoms with Gasteiger partial charge in [-0.2, -0.15) is 0 Å². The van der Waals surface area contributed by atoms with Gasteiger partial charge in [-0.15, -0.1) is 0 Å². The van der Waals surface area contributed by atoms with E-state index in [1.807, 2.05) is 13.8 Å². The third-order valence-corrected chi connectivity index (χ3v) is 1.31. The fourth-order valence-electron chi connectivity index (χ4n) is 0.768. The minimum atomic E-state index is -0.380. The van der Waals surface area contributed by atoms with Crippen LogP contribution in [0.2, 0.25) is 0 Å². The van der Waals surface area contributed by atoms with Crippen molar-refractivity contribution in [1.29, 1.82) is 0 Å².